The van der Waals surface area contributed by atoms with Crippen LogP contribution in [0.4, 0.5) is 13.2 Å². The van der Waals surface area contributed by atoms with Gasteiger partial charge in [-0.1, -0.05) is 6.92 Å². The van der Waals surface area contributed by atoms with E-state index < -0.39 is 23.9 Å². The molecule has 1 heterocycles. The van der Waals surface area contributed by atoms with Crippen molar-refractivity contribution in [1.82, 2.24) is 9.78 Å². The van der Waals surface area contributed by atoms with Crippen LogP contribution in [0, 0.1) is 0 Å². The predicted octanol–water partition coefficient (Wildman–Crippen LogP) is 2.82. The van der Waals surface area contributed by atoms with E-state index in [4.69, 9.17) is 5.11 Å². The zero-order chi connectivity index (χ0) is 14.2. The van der Waals surface area contributed by atoms with E-state index in [1.165, 1.54) is 0 Å². The molecule has 4 nitrogen and oxygen atoms in total. The summed E-state index contributed by atoms with van der Waals surface area (Å²) in [5.41, 5.74) is -0.298. The monoisotopic (exact) mass is 276 g/mol. The molecule has 1 aliphatic carbocycles. The lowest BCUT2D eigenvalue weighted by Gasteiger charge is -2.17. The molecule has 0 amide bonds. The molecule has 1 unspecified atom stereocenters. The van der Waals surface area contributed by atoms with E-state index in [0.717, 1.165) is 11.1 Å². The lowest BCUT2D eigenvalue weighted by molar-refractivity contribution is -0.145. The zero-order valence-corrected chi connectivity index (χ0v) is 10.5. The van der Waals surface area contributed by atoms with Gasteiger partial charge < -0.3 is 5.11 Å². The first-order valence-electron chi connectivity index (χ1n) is 6.26. The van der Waals surface area contributed by atoms with Gasteiger partial charge in [0.1, 0.15) is 6.04 Å². The smallest absolute Gasteiger partial charge is 0.435 e. The Morgan fingerprint density at radius 1 is 1.42 bits per heavy atom. The number of carboxylic acids is 1. The maximum absolute atomic E-state index is 12.9. The third-order valence-electron chi connectivity index (χ3n) is 3.44. The van der Waals surface area contributed by atoms with Crippen molar-refractivity contribution in [3.05, 3.63) is 17.0 Å². The molecule has 0 radical (unpaired) electrons. The Hall–Kier alpha value is -1.53. The predicted molar refractivity (Wildman–Crippen MR) is 60.8 cm³/mol. The van der Waals surface area contributed by atoms with E-state index in [9.17, 15) is 18.0 Å². The van der Waals surface area contributed by atoms with Gasteiger partial charge in [-0.3, -0.25) is 4.68 Å². The lowest BCUT2D eigenvalue weighted by atomic mass is 9.95. The zero-order valence-electron chi connectivity index (χ0n) is 10.5. The number of hydrogen-bond donors (Lipinski definition) is 1. The first kappa shape index (κ1) is 13.9. The Morgan fingerprint density at radius 3 is 2.58 bits per heavy atom. The van der Waals surface area contributed by atoms with Gasteiger partial charge in [-0.15, -0.1) is 0 Å². The Balaban J connectivity index is 2.56. The highest BCUT2D eigenvalue weighted by Crippen LogP contribution is 2.37. The molecule has 0 bridgehead atoms. The average Bonchev–Trinajstić information content (AvgIpc) is 2.69. The maximum Gasteiger partial charge on any atom is 0.435 e. The number of rotatable bonds is 3. The highest BCUT2D eigenvalue weighted by molar-refractivity contribution is 5.71. The summed E-state index contributed by atoms with van der Waals surface area (Å²) in [4.78, 5) is 11.1. The van der Waals surface area contributed by atoms with E-state index in [2.05, 4.69) is 5.10 Å². The van der Waals surface area contributed by atoms with Gasteiger partial charge in [0.25, 0.3) is 0 Å². The second-order valence-electron chi connectivity index (χ2n) is 4.69. The molecule has 0 saturated carbocycles. The fourth-order valence-electron chi connectivity index (χ4n) is 2.56. The summed E-state index contributed by atoms with van der Waals surface area (Å²) in [5.74, 6) is -1.15. The molecular weight excluding hydrogens is 261 g/mol. The third-order valence-corrected chi connectivity index (χ3v) is 3.44. The average molecular weight is 276 g/mol. The Bertz CT molecular complexity index is 494. The summed E-state index contributed by atoms with van der Waals surface area (Å²) in [6, 6.07) is -1.03. The first-order valence-corrected chi connectivity index (χ1v) is 6.26. The van der Waals surface area contributed by atoms with Crippen molar-refractivity contribution in [2.75, 3.05) is 0 Å². The van der Waals surface area contributed by atoms with Crippen LogP contribution in [0.25, 0.3) is 0 Å². The van der Waals surface area contributed by atoms with Crippen LogP contribution in [0.5, 0.6) is 0 Å². The number of halogens is 3. The molecule has 1 aromatic heterocycles. The molecule has 1 atom stereocenters. The summed E-state index contributed by atoms with van der Waals surface area (Å²) in [5, 5.41) is 12.7. The molecule has 0 aromatic carbocycles. The summed E-state index contributed by atoms with van der Waals surface area (Å²) < 4.78 is 39.9. The third kappa shape index (κ3) is 2.46. The number of alkyl halides is 3. The van der Waals surface area contributed by atoms with Gasteiger partial charge in [-0.25, -0.2) is 4.79 Å². The van der Waals surface area contributed by atoms with Crippen molar-refractivity contribution >= 4 is 5.97 Å². The fraction of sp³-hybridized carbons (Fsp3) is 0.667. The largest absolute Gasteiger partial charge is 0.480 e. The lowest BCUT2D eigenvalue weighted by Crippen LogP contribution is -2.22. The van der Waals surface area contributed by atoms with Crippen LogP contribution in [0.2, 0.25) is 0 Å². The molecule has 0 fully saturated rings. The minimum Gasteiger partial charge on any atom is -0.480 e. The van der Waals surface area contributed by atoms with Crippen LogP contribution >= 0.6 is 0 Å². The number of nitrogens with zero attached hydrogens (tertiary/aromatic N) is 2. The summed E-state index contributed by atoms with van der Waals surface area (Å²) in [6.45, 7) is 1.63. The van der Waals surface area contributed by atoms with Gasteiger partial charge in [-0.2, -0.15) is 18.3 Å². The van der Waals surface area contributed by atoms with Crippen LogP contribution in [-0.4, -0.2) is 20.9 Å². The van der Waals surface area contributed by atoms with Crippen molar-refractivity contribution in [3.8, 4) is 0 Å². The summed E-state index contributed by atoms with van der Waals surface area (Å²) >= 11 is 0. The quantitative estimate of drug-likeness (QED) is 0.923. The number of carbonyl (C=O) groups is 1. The minimum absolute atomic E-state index is 0.179. The van der Waals surface area contributed by atoms with Gasteiger partial charge in [-0.05, 0) is 32.1 Å². The number of hydrogen-bond acceptors (Lipinski definition) is 2. The number of aliphatic carboxylic acids is 1. The van der Waals surface area contributed by atoms with Gasteiger partial charge >= 0.3 is 12.1 Å². The molecule has 19 heavy (non-hydrogen) atoms. The second-order valence-corrected chi connectivity index (χ2v) is 4.69. The first-order chi connectivity index (χ1) is 8.86. The summed E-state index contributed by atoms with van der Waals surface area (Å²) in [6.07, 6.45) is -2.08. The van der Waals surface area contributed by atoms with Crippen LogP contribution in [0.3, 0.4) is 0 Å². The Labute approximate surface area is 108 Å². The highest BCUT2D eigenvalue weighted by atomic mass is 19.4. The molecule has 1 aliphatic rings. The van der Waals surface area contributed by atoms with Crippen LogP contribution in [-0.2, 0) is 23.8 Å². The Kier molecular flexibility index (Phi) is 3.56. The fourth-order valence-corrected chi connectivity index (χ4v) is 2.56. The number of carboxylic acid groups (broad SMARTS) is 1. The maximum atomic E-state index is 12.9. The van der Waals surface area contributed by atoms with Crippen molar-refractivity contribution in [2.24, 2.45) is 0 Å². The van der Waals surface area contributed by atoms with Gasteiger partial charge in [0.05, 0.1) is 0 Å². The van der Waals surface area contributed by atoms with Gasteiger partial charge in [0, 0.05) is 11.3 Å². The molecule has 1 N–H and O–H groups in total. The number of aromatic nitrogens is 2. The molecule has 1 aromatic rings. The molecule has 0 spiro atoms. The van der Waals surface area contributed by atoms with Gasteiger partial charge in [0.2, 0.25) is 0 Å². The van der Waals surface area contributed by atoms with Gasteiger partial charge in [0.15, 0.2) is 5.69 Å². The van der Waals surface area contributed by atoms with E-state index in [1.54, 1.807) is 6.92 Å². The van der Waals surface area contributed by atoms with Crippen molar-refractivity contribution < 1.29 is 23.1 Å². The van der Waals surface area contributed by atoms with E-state index in [0.29, 0.717) is 25.0 Å². The van der Waals surface area contributed by atoms with E-state index >= 15 is 0 Å². The highest BCUT2D eigenvalue weighted by Gasteiger charge is 2.40. The molecule has 0 saturated heterocycles. The van der Waals surface area contributed by atoms with Crippen LogP contribution in [0.15, 0.2) is 0 Å². The normalized spacial score (nSPS) is 17.1. The molecule has 2 rings (SSSR count). The molecule has 106 valence electrons. The van der Waals surface area contributed by atoms with E-state index in [1.807, 2.05) is 0 Å². The minimum atomic E-state index is -4.52. The van der Waals surface area contributed by atoms with Crippen molar-refractivity contribution in [3.63, 3.8) is 0 Å². The number of fused-ring (bicyclic) bond motifs is 1. The van der Waals surface area contributed by atoms with Crippen molar-refractivity contribution in [2.45, 2.75) is 51.2 Å². The second kappa shape index (κ2) is 4.86. The summed E-state index contributed by atoms with van der Waals surface area (Å²) in [7, 11) is 0. The van der Waals surface area contributed by atoms with Crippen molar-refractivity contribution in [1.29, 1.82) is 0 Å². The van der Waals surface area contributed by atoms with E-state index in [-0.39, 0.29) is 12.0 Å². The van der Waals surface area contributed by atoms with Crippen LogP contribution < -0.4 is 0 Å². The Morgan fingerprint density at radius 2 is 2.05 bits per heavy atom. The standard InChI is InChI=1S/C12H15F3N2O2/c1-2-8(11(18)19)17-9-6-4-3-5-7(9)10(16-17)12(13,14)15/h8H,2-6H2,1H3,(H,18,19). The van der Waals surface area contributed by atoms with Crippen LogP contribution in [0.1, 0.15) is 49.2 Å². The SMILES string of the molecule is CCC(C(=O)O)n1nc(C(F)(F)F)c2c1CCCC2. The molecule has 0 aliphatic heterocycles. The molecule has 7 heteroatoms. The topological polar surface area (TPSA) is 55.1 Å². The molecular formula is C12H15F3N2O2.